The van der Waals surface area contributed by atoms with Gasteiger partial charge in [0.15, 0.2) is 0 Å². The number of pyridine rings is 1. The zero-order valence-electron chi connectivity index (χ0n) is 7.50. The summed E-state index contributed by atoms with van der Waals surface area (Å²) in [6.45, 7) is 2.50. The molecule has 0 aliphatic heterocycles. The van der Waals surface area contributed by atoms with E-state index in [2.05, 4.69) is 26.2 Å². The predicted molar refractivity (Wildman–Crippen MR) is 56.7 cm³/mol. The molecule has 0 aliphatic carbocycles. The maximum Gasteiger partial charge on any atom is 0.140 e. The predicted octanol–water partition coefficient (Wildman–Crippen LogP) is 2.03. The van der Waals surface area contributed by atoms with Crippen molar-refractivity contribution in [3.63, 3.8) is 0 Å². The van der Waals surface area contributed by atoms with Crippen LogP contribution in [0.5, 0.6) is 0 Å². The van der Waals surface area contributed by atoms with Gasteiger partial charge in [-0.1, -0.05) is 0 Å². The number of nitrogens with zero attached hydrogens (tertiary/aromatic N) is 1. The van der Waals surface area contributed by atoms with Gasteiger partial charge in [0.1, 0.15) is 5.82 Å². The highest BCUT2D eigenvalue weighted by Crippen LogP contribution is 2.17. The van der Waals surface area contributed by atoms with Gasteiger partial charge in [-0.3, -0.25) is 0 Å². The first-order valence-electron chi connectivity index (χ1n) is 4.22. The Morgan fingerprint density at radius 3 is 3.08 bits per heavy atom. The normalized spacial score (nSPS) is 12.5. The van der Waals surface area contributed by atoms with Gasteiger partial charge in [-0.15, -0.1) is 0 Å². The number of aromatic nitrogens is 1. The van der Waals surface area contributed by atoms with Gasteiger partial charge >= 0.3 is 0 Å². The Balaban J connectivity index is 2.41. The molecule has 0 spiro atoms. The van der Waals surface area contributed by atoms with Crippen LogP contribution in [0.3, 0.4) is 0 Å². The Hall–Kier alpha value is -0.610. The lowest BCUT2D eigenvalue weighted by molar-refractivity contribution is 0.188. The second kappa shape index (κ2) is 5.19. The number of aliphatic hydroxyl groups excluding tert-OH is 1. The number of aliphatic hydroxyl groups is 1. The first-order valence-corrected chi connectivity index (χ1v) is 5.02. The Morgan fingerprint density at radius 2 is 2.46 bits per heavy atom. The quantitative estimate of drug-likeness (QED) is 0.853. The van der Waals surface area contributed by atoms with E-state index in [0.29, 0.717) is 0 Å². The molecule has 1 unspecified atom stereocenters. The molecule has 2 N–H and O–H groups in total. The molecule has 4 heteroatoms. The third kappa shape index (κ3) is 3.74. The molecule has 1 rings (SSSR count). The molecule has 1 aromatic heterocycles. The van der Waals surface area contributed by atoms with Crippen molar-refractivity contribution in [2.45, 2.75) is 19.4 Å². The number of nitrogens with one attached hydrogen (secondary N) is 1. The first-order chi connectivity index (χ1) is 6.20. The van der Waals surface area contributed by atoms with Crippen LogP contribution in [0.1, 0.15) is 13.3 Å². The van der Waals surface area contributed by atoms with Crippen molar-refractivity contribution in [3.05, 3.63) is 22.8 Å². The molecule has 0 aromatic carbocycles. The largest absolute Gasteiger partial charge is 0.393 e. The van der Waals surface area contributed by atoms with E-state index >= 15 is 0 Å². The summed E-state index contributed by atoms with van der Waals surface area (Å²) in [5, 5.41) is 12.2. The number of rotatable bonds is 4. The van der Waals surface area contributed by atoms with Crippen molar-refractivity contribution in [1.29, 1.82) is 0 Å². The molecule has 3 nitrogen and oxygen atoms in total. The zero-order valence-corrected chi connectivity index (χ0v) is 9.08. The van der Waals surface area contributed by atoms with Crippen LogP contribution in [-0.2, 0) is 0 Å². The van der Waals surface area contributed by atoms with E-state index in [1.165, 1.54) is 0 Å². The maximum absolute atomic E-state index is 9.03. The van der Waals surface area contributed by atoms with Gasteiger partial charge in [0.05, 0.1) is 10.6 Å². The molecule has 0 bridgehead atoms. The Morgan fingerprint density at radius 1 is 1.69 bits per heavy atom. The molecule has 0 fully saturated rings. The van der Waals surface area contributed by atoms with Crippen LogP contribution in [0.2, 0.25) is 0 Å². The lowest BCUT2D eigenvalue weighted by atomic mass is 10.3. The summed E-state index contributed by atoms with van der Waals surface area (Å²) in [5.74, 6) is 0.822. The molecule has 0 saturated carbocycles. The highest BCUT2D eigenvalue weighted by Gasteiger charge is 1.99. The standard InChI is InChI=1S/C9H13BrN2O/c1-7(13)4-6-12-9-8(10)3-2-5-11-9/h2-3,5,7,13H,4,6H2,1H3,(H,11,12). The third-order valence-electron chi connectivity index (χ3n) is 1.61. The molecule has 0 amide bonds. The van der Waals surface area contributed by atoms with Crippen LogP contribution in [0.25, 0.3) is 0 Å². The van der Waals surface area contributed by atoms with E-state index < -0.39 is 0 Å². The van der Waals surface area contributed by atoms with E-state index in [0.717, 1.165) is 23.3 Å². The summed E-state index contributed by atoms with van der Waals surface area (Å²) < 4.78 is 0.945. The Kier molecular flexibility index (Phi) is 4.18. The Bertz CT molecular complexity index is 266. The molecule has 72 valence electrons. The number of halogens is 1. The Labute approximate surface area is 86.3 Å². The summed E-state index contributed by atoms with van der Waals surface area (Å²) in [6.07, 6.45) is 2.19. The topological polar surface area (TPSA) is 45.1 Å². The van der Waals surface area contributed by atoms with Crippen molar-refractivity contribution in [2.24, 2.45) is 0 Å². The van der Waals surface area contributed by atoms with E-state index in [1.54, 1.807) is 13.1 Å². The van der Waals surface area contributed by atoms with Crippen LogP contribution in [-0.4, -0.2) is 22.7 Å². The minimum atomic E-state index is -0.269. The fourth-order valence-electron chi connectivity index (χ4n) is 0.915. The van der Waals surface area contributed by atoms with Crippen molar-refractivity contribution >= 4 is 21.7 Å². The average molecular weight is 245 g/mol. The van der Waals surface area contributed by atoms with Crippen LogP contribution in [0.15, 0.2) is 22.8 Å². The van der Waals surface area contributed by atoms with Crippen LogP contribution in [0, 0.1) is 0 Å². The molecule has 1 heterocycles. The summed E-state index contributed by atoms with van der Waals surface area (Å²) in [7, 11) is 0. The molecular weight excluding hydrogens is 232 g/mol. The smallest absolute Gasteiger partial charge is 0.140 e. The number of hydrogen-bond acceptors (Lipinski definition) is 3. The maximum atomic E-state index is 9.03. The molecule has 0 radical (unpaired) electrons. The molecule has 0 aliphatic rings. The second-order valence-corrected chi connectivity index (χ2v) is 3.75. The fraction of sp³-hybridized carbons (Fsp3) is 0.444. The lowest BCUT2D eigenvalue weighted by Crippen LogP contribution is -2.10. The van der Waals surface area contributed by atoms with Crippen LogP contribution < -0.4 is 5.32 Å². The van der Waals surface area contributed by atoms with Gasteiger partial charge in [0.2, 0.25) is 0 Å². The summed E-state index contributed by atoms with van der Waals surface area (Å²) in [5.41, 5.74) is 0. The molecule has 13 heavy (non-hydrogen) atoms. The van der Waals surface area contributed by atoms with Crippen LogP contribution >= 0.6 is 15.9 Å². The lowest BCUT2D eigenvalue weighted by Gasteiger charge is -2.07. The van der Waals surface area contributed by atoms with E-state index in [-0.39, 0.29) is 6.10 Å². The van der Waals surface area contributed by atoms with Gasteiger partial charge in [-0.25, -0.2) is 4.98 Å². The zero-order chi connectivity index (χ0) is 9.68. The molecule has 0 saturated heterocycles. The fourth-order valence-corrected chi connectivity index (χ4v) is 1.31. The minimum Gasteiger partial charge on any atom is -0.393 e. The minimum absolute atomic E-state index is 0.269. The van der Waals surface area contributed by atoms with Crippen molar-refractivity contribution < 1.29 is 5.11 Å². The molecule has 1 atom stereocenters. The molecule has 1 aromatic rings. The highest BCUT2D eigenvalue weighted by atomic mass is 79.9. The highest BCUT2D eigenvalue weighted by molar-refractivity contribution is 9.10. The van der Waals surface area contributed by atoms with Gasteiger partial charge in [0, 0.05) is 12.7 Å². The van der Waals surface area contributed by atoms with Crippen molar-refractivity contribution in [3.8, 4) is 0 Å². The van der Waals surface area contributed by atoms with Gasteiger partial charge in [-0.05, 0) is 41.4 Å². The van der Waals surface area contributed by atoms with E-state index in [9.17, 15) is 0 Å². The van der Waals surface area contributed by atoms with Gasteiger partial charge < -0.3 is 10.4 Å². The van der Waals surface area contributed by atoms with E-state index in [4.69, 9.17) is 5.11 Å². The third-order valence-corrected chi connectivity index (χ3v) is 2.25. The number of anilines is 1. The van der Waals surface area contributed by atoms with Crippen LogP contribution in [0.4, 0.5) is 5.82 Å². The summed E-state index contributed by atoms with van der Waals surface area (Å²) >= 11 is 3.38. The van der Waals surface area contributed by atoms with Gasteiger partial charge in [-0.2, -0.15) is 0 Å². The number of hydrogen-bond donors (Lipinski definition) is 2. The van der Waals surface area contributed by atoms with Crippen molar-refractivity contribution in [1.82, 2.24) is 4.98 Å². The van der Waals surface area contributed by atoms with Gasteiger partial charge in [0.25, 0.3) is 0 Å². The first kappa shape index (κ1) is 10.5. The van der Waals surface area contributed by atoms with E-state index in [1.807, 2.05) is 12.1 Å². The second-order valence-electron chi connectivity index (χ2n) is 2.90. The van der Waals surface area contributed by atoms with Crippen molar-refractivity contribution in [2.75, 3.05) is 11.9 Å². The molecular formula is C9H13BrN2O. The SMILES string of the molecule is CC(O)CCNc1ncccc1Br. The summed E-state index contributed by atoms with van der Waals surface area (Å²) in [4.78, 5) is 4.14. The summed E-state index contributed by atoms with van der Waals surface area (Å²) in [6, 6.07) is 3.79. The average Bonchev–Trinajstić information content (AvgIpc) is 2.08. The monoisotopic (exact) mass is 244 g/mol.